The maximum Gasteiger partial charge on any atom is 0.339 e. The van der Waals surface area contributed by atoms with E-state index in [1.807, 2.05) is 52.0 Å². The summed E-state index contributed by atoms with van der Waals surface area (Å²) in [5.41, 5.74) is 2.51. The zero-order chi connectivity index (χ0) is 22.4. The van der Waals surface area contributed by atoms with Gasteiger partial charge in [-0.2, -0.15) is 8.42 Å². The zero-order valence-electron chi connectivity index (χ0n) is 17.8. The van der Waals surface area contributed by atoms with Crippen molar-refractivity contribution >= 4 is 31.9 Å². The first-order valence-corrected chi connectivity index (χ1v) is 11.2. The summed E-state index contributed by atoms with van der Waals surface area (Å²) >= 11 is 0. The summed E-state index contributed by atoms with van der Waals surface area (Å²) in [4.78, 5) is 3.39. The average molecular weight is 434 g/mol. The molecular weight excluding hydrogens is 410 g/mol. The summed E-state index contributed by atoms with van der Waals surface area (Å²) in [6, 6.07) is 15.9. The molecule has 0 atom stereocenters. The molecule has 1 N–H and O–H groups in total. The van der Waals surface area contributed by atoms with Crippen molar-refractivity contribution in [3.05, 3.63) is 65.7 Å². The number of nitrogens with one attached hydrogen (secondary N) is 1. The van der Waals surface area contributed by atoms with E-state index < -0.39 is 15.7 Å². The molecule has 0 fully saturated rings. The van der Waals surface area contributed by atoms with Crippen LogP contribution < -0.4 is 8.92 Å². The van der Waals surface area contributed by atoms with Crippen LogP contribution in [0.4, 0.5) is 0 Å². The maximum atomic E-state index is 12.9. The number of aromatic nitrogens is 1. The Morgan fingerprint density at radius 3 is 2.32 bits per heavy atom. The minimum atomic E-state index is -3.98. The van der Waals surface area contributed by atoms with Gasteiger partial charge in [0, 0.05) is 16.8 Å². The van der Waals surface area contributed by atoms with E-state index in [4.69, 9.17) is 15.3 Å². The van der Waals surface area contributed by atoms with Crippen LogP contribution in [-0.2, 0) is 10.1 Å². The highest BCUT2D eigenvalue weighted by Gasteiger charge is 2.21. The number of aryl methyl sites for hydroxylation is 2. The Morgan fingerprint density at radius 1 is 0.935 bits per heavy atom. The molecule has 0 radical (unpaired) electrons. The van der Waals surface area contributed by atoms with Gasteiger partial charge in [-0.15, -0.1) is 6.42 Å². The third-order valence-electron chi connectivity index (χ3n) is 5.02. The lowest BCUT2D eigenvalue weighted by Gasteiger charge is -2.20. The second-order valence-corrected chi connectivity index (χ2v) is 9.67. The number of rotatable bonds is 5. The molecule has 1 heterocycles. The fourth-order valence-corrected chi connectivity index (χ4v) is 4.35. The second-order valence-electron chi connectivity index (χ2n) is 8.13. The molecule has 0 amide bonds. The summed E-state index contributed by atoms with van der Waals surface area (Å²) in [6.45, 7) is 7.42. The van der Waals surface area contributed by atoms with E-state index in [1.54, 1.807) is 30.3 Å². The number of ether oxygens (including phenoxy) is 1. The molecule has 4 aromatic rings. The monoisotopic (exact) mass is 433 g/mol. The summed E-state index contributed by atoms with van der Waals surface area (Å²) in [7, 11) is -3.98. The highest BCUT2D eigenvalue weighted by molar-refractivity contribution is 7.87. The lowest BCUT2D eigenvalue weighted by atomic mass is 10.1. The average Bonchev–Trinajstić information content (AvgIpc) is 3.05. The maximum absolute atomic E-state index is 12.9. The van der Waals surface area contributed by atoms with Gasteiger partial charge in [0.15, 0.2) is 11.4 Å². The van der Waals surface area contributed by atoms with E-state index in [0.717, 1.165) is 27.4 Å². The van der Waals surface area contributed by atoms with Crippen LogP contribution in [0, 0.1) is 26.2 Å². The third-order valence-corrected chi connectivity index (χ3v) is 6.27. The van der Waals surface area contributed by atoms with E-state index >= 15 is 0 Å². The Balaban J connectivity index is 1.81. The molecule has 0 aliphatic carbocycles. The van der Waals surface area contributed by atoms with Crippen LogP contribution in [0.1, 0.15) is 25.0 Å². The van der Waals surface area contributed by atoms with E-state index in [9.17, 15) is 8.42 Å². The summed E-state index contributed by atoms with van der Waals surface area (Å²) < 4.78 is 37.1. The highest BCUT2D eigenvalue weighted by atomic mass is 32.2. The van der Waals surface area contributed by atoms with Crippen LogP contribution >= 0.6 is 0 Å². The number of fused-ring (bicyclic) bond motifs is 3. The molecule has 0 aliphatic rings. The largest absolute Gasteiger partial charge is 0.475 e. The van der Waals surface area contributed by atoms with Gasteiger partial charge < -0.3 is 13.9 Å². The normalized spacial score (nSPS) is 12.1. The van der Waals surface area contributed by atoms with Crippen LogP contribution in [0.5, 0.6) is 11.5 Å². The molecule has 3 aromatic carbocycles. The molecule has 0 aliphatic heterocycles. The molecule has 6 heteroatoms. The first-order valence-electron chi connectivity index (χ1n) is 9.82. The number of hydrogen-bond acceptors (Lipinski definition) is 4. The van der Waals surface area contributed by atoms with Crippen molar-refractivity contribution in [3.8, 4) is 23.8 Å². The predicted molar refractivity (Wildman–Crippen MR) is 123 cm³/mol. The Labute approximate surface area is 182 Å². The van der Waals surface area contributed by atoms with Crippen LogP contribution in [0.15, 0.2) is 59.5 Å². The SMILES string of the molecule is C#CC(C)(C)Oc1ccc2c(c1)[nH]c1c(OS(=O)(=O)c3ccc(C)cc3)cc(C)cc12. The van der Waals surface area contributed by atoms with Crippen molar-refractivity contribution in [2.45, 2.75) is 38.2 Å². The molecule has 5 nitrogen and oxygen atoms in total. The number of aromatic amines is 1. The Kier molecular flexibility index (Phi) is 4.95. The van der Waals surface area contributed by atoms with Gasteiger partial charge in [0.1, 0.15) is 10.6 Å². The first-order chi connectivity index (χ1) is 14.6. The summed E-state index contributed by atoms with van der Waals surface area (Å²) in [6.07, 6.45) is 5.52. The van der Waals surface area contributed by atoms with Gasteiger partial charge >= 0.3 is 10.1 Å². The fourth-order valence-electron chi connectivity index (χ4n) is 3.42. The number of H-pyrrole nitrogens is 1. The third kappa shape index (κ3) is 4.10. The van der Waals surface area contributed by atoms with Crippen LogP contribution in [-0.4, -0.2) is 19.0 Å². The Morgan fingerprint density at radius 2 is 1.65 bits per heavy atom. The molecule has 158 valence electrons. The van der Waals surface area contributed by atoms with Gasteiger partial charge in [0.25, 0.3) is 0 Å². The molecule has 0 unspecified atom stereocenters. The standard InChI is InChI=1S/C25H23NO4S/c1-6-25(4,5)29-18-9-12-20-21-13-17(3)14-23(24(21)26-22(20)15-18)30-31(27,28)19-10-7-16(2)8-11-19/h1,7-15,26H,2-5H3. The van der Waals surface area contributed by atoms with E-state index in [-0.39, 0.29) is 10.6 Å². The molecule has 0 saturated carbocycles. The van der Waals surface area contributed by atoms with Crippen molar-refractivity contribution in [2.24, 2.45) is 0 Å². The molecule has 4 rings (SSSR count). The molecule has 1 aromatic heterocycles. The van der Waals surface area contributed by atoms with Gasteiger partial charge in [-0.25, -0.2) is 0 Å². The van der Waals surface area contributed by atoms with E-state index in [1.165, 1.54) is 0 Å². The lowest BCUT2D eigenvalue weighted by molar-refractivity contribution is 0.173. The molecular formula is C25H23NO4S. The molecule has 31 heavy (non-hydrogen) atoms. The highest BCUT2D eigenvalue weighted by Crippen LogP contribution is 2.36. The number of terminal acetylenes is 1. The zero-order valence-corrected chi connectivity index (χ0v) is 18.6. The van der Waals surface area contributed by atoms with Gasteiger partial charge in [0.2, 0.25) is 0 Å². The van der Waals surface area contributed by atoms with Crippen molar-refractivity contribution in [2.75, 3.05) is 0 Å². The molecule has 0 spiro atoms. The van der Waals surface area contributed by atoms with Crippen molar-refractivity contribution in [1.29, 1.82) is 0 Å². The minimum Gasteiger partial charge on any atom is -0.475 e. The summed E-state index contributed by atoms with van der Waals surface area (Å²) in [5, 5.41) is 1.80. The van der Waals surface area contributed by atoms with E-state index in [2.05, 4.69) is 10.9 Å². The minimum absolute atomic E-state index is 0.107. The molecule has 0 bridgehead atoms. The first kappa shape index (κ1) is 20.8. The van der Waals surface area contributed by atoms with Gasteiger partial charge in [-0.05, 0) is 69.7 Å². The molecule has 0 saturated heterocycles. The number of hydrogen-bond donors (Lipinski definition) is 1. The Hall–Kier alpha value is -3.43. The smallest absolute Gasteiger partial charge is 0.339 e. The van der Waals surface area contributed by atoms with Crippen molar-refractivity contribution in [3.63, 3.8) is 0 Å². The van der Waals surface area contributed by atoms with Crippen LogP contribution in [0.2, 0.25) is 0 Å². The van der Waals surface area contributed by atoms with Gasteiger partial charge in [-0.3, -0.25) is 0 Å². The topological polar surface area (TPSA) is 68.4 Å². The second kappa shape index (κ2) is 7.36. The van der Waals surface area contributed by atoms with Gasteiger partial charge in [-0.1, -0.05) is 23.6 Å². The predicted octanol–water partition coefficient (Wildman–Crippen LogP) is 5.50. The van der Waals surface area contributed by atoms with Crippen molar-refractivity contribution in [1.82, 2.24) is 4.98 Å². The van der Waals surface area contributed by atoms with Crippen LogP contribution in [0.25, 0.3) is 21.8 Å². The summed E-state index contributed by atoms with van der Waals surface area (Å²) in [5.74, 6) is 3.47. The number of benzene rings is 3. The lowest BCUT2D eigenvalue weighted by Crippen LogP contribution is -2.25. The van der Waals surface area contributed by atoms with Crippen molar-refractivity contribution < 1.29 is 17.3 Å². The fraction of sp³-hybridized carbons (Fsp3) is 0.200. The Bertz CT molecular complexity index is 1440. The quantitative estimate of drug-likeness (QED) is 0.333. The van der Waals surface area contributed by atoms with Gasteiger partial charge in [0.05, 0.1) is 11.0 Å². The van der Waals surface area contributed by atoms with E-state index in [0.29, 0.717) is 11.3 Å². The van der Waals surface area contributed by atoms with Crippen LogP contribution in [0.3, 0.4) is 0 Å².